The van der Waals surface area contributed by atoms with Gasteiger partial charge in [-0.25, -0.2) is 0 Å². The van der Waals surface area contributed by atoms with Crippen LogP contribution in [-0.4, -0.2) is 18.4 Å². The topological polar surface area (TPSA) is 81.1 Å². The van der Waals surface area contributed by atoms with Gasteiger partial charge in [-0.05, 0) is 12.8 Å². The number of ketones is 1. The first-order valence-corrected chi connectivity index (χ1v) is 5.23. The standard InChI is InChI=1S/C11H23N3O/c1-8(12)14-7-5-6-9(13)10(15)11(2,3)4/h9,14H,1,5-7,12-13H2,2-4H3/t9-/m1/s1. The number of Topliss-reactive ketones (excluding diaryl/α,β-unsaturated/α-hetero) is 1. The predicted molar refractivity (Wildman–Crippen MR) is 63.0 cm³/mol. The molecule has 0 saturated heterocycles. The van der Waals surface area contributed by atoms with Crippen LogP contribution < -0.4 is 16.8 Å². The fourth-order valence-electron chi connectivity index (χ4n) is 1.26. The summed E-state index contributed by atoms with van der Waals surface area (Å²) in [6.07, 6.45) is 1.50. The summed E-state index contributed by atoms with van der Waals surface area (Å²) in [6, 6.07) is -0.377. The summed E-state index contributed by atoms with van der Waals surface area (Å²) in [5, 5.41) is 2.89. The van der Waals surface area contributed by atoms with E-state index in [1.54, 1.807) is 0 Å². The van der Waals surface area contributed by atoms with Crippen molar-refractivity contribution in [3.8, 4) is 0 Å². The second-order valence-electron chi connectivity index (χ2n) is 4.81. The zero-order valence-electron chi connectivity index (χ0n) is 9.97. The summed E-state index contributed by atoms with van der Waals surface area (Å²) < 4.78 is 0. The minimum atomic E-state index is -0.377. The second kappa shape index (κ2) is 5.75. The van der Waals surface area contributed by atoms with Gasteiger partial charge in [-0.1, -0.05) is 27.4 Å². The molecule has 0 aliphatic carbocycles. The van der Waals surface area contributed by atoms with E-state index in [0.717, 1.165) is 6.42 Å². The molecule has 5 N–H and O–H groups in total. The first-order valence-electron chi connectivity index (χ1n) is 5.23. The molecule has 0 rings (SSSR count). The Hall–Kier alpha value is -1.03. The molecule has 0 fully saturated rings. The highest BCUT2D eigenvalue weighted by molar-refractivity contribution is 5.88. The van der Waals surface area contributed by atoms with Gasteiger partial charge >= 0.3 is 0 Å². The molecule has 0 saturated carbocycles. The molecule has 0 aromatic carbocycles. The number of rotatable bonds is 6. The Morgan fingerprint density at radius 2 is 2.00 bits per heavy atom. The molecule has 0 bridgehead atoms. The molecule has 0 aliphatic rings. The maximum atomic E-state index is 11.7. The van der Waals surface area contributed by atoms with E-state index < -0.39 is 0 Å². The van der Waals surface area contributed by atoms with Crippen molar-refractivity contribution >= 4 is 5.78 Å². The van der Waals surface area contributed by atoms with Crippen LogP contribution in [0.2, 0.25) is 0 Å². The van der Waals surface area contributed by atoms with E-state index in [1.807, 2.05) is 20.8 Å². The van der Waals surface area contributed by atoms with Crippen LogP contribution in [0.4, 0.5) is 0 Å². The van der Waals surface area contributed by atoms with Crippen LogP contribution in [-0.2, 0) is 4.79 Å². The number of carbonyl (C=O) groups excluding carboxylic acids is 1. The highest BCUT2D eigenvalue weighted by Gasteiger charge is 2.26. The second-order valence-corrected chi connectivity index (χ2v) is 4.81. The lowest BCUT2D eigenvalue weighted by Gasteiger charge is -2.21. The van der Waals surface area contributed by atoms with Crippen LogP contribution in [0.3, 0.4) is 0 Å². The van der Waals surface area contributed by atoms with Crippen molar-refractivity contribution in [2.75, 3.05) is 6.54 Å². The Morgan fingerprint density at radius 1 is 1.47 bits per heavy atom. The summed E-state index contributed by atoms with van der Waals surface area (Å²) in [6.45, 7) is 9.88. The summed E-state index contributed by atoms with van der Waals surface area (Å²) >= 11 is 0. The molecule has 0 radical (unpaired) electrons. The lowest BCUT2D eigenvalue weighted by molar-refractivity contribution is -0.127. The van der Waals surface area contributed by atoms with Crippen molar-refractivity contribution in [2.45, 2.75) is 39.7 Å². The average Bonchev–Trinajstić information content (AvgIpc) is 2.09. The van der Waals surface area contributed by atoms with Crippen molar-refractivity contribution in [2.24, 2.45) is 16.9 Å². The number of hydrogen-bond acceptors (Lipinski definition) is 4. The summed E-state index contributed by atoms with van der Waals surface area (Å²) in [5.74, 6) is 0.555. The van der Waals surface area contributed by atoms with E-state index in [9.17, 15) is 4.79 Å². The zero-order valence-corrected chi connectivity index (χ0v) is 9.97. The number of nitrogens with two attached hydrogens (primary N) is 2. The van der Waals surface area contributed by atoms with Crippen molar-refractivity contribution in [1.82, 2.24) is 5.32 Å². The molecule has 0 spiro atoms. The lowest BCUT2D eigenvalue weighted by Crippen LogP contribution is -2.39. The van der Waals surface area contributed by atoms with Crippen LogP contribution in [0.15, 0.2) is 12.4 Å². The van der Waals surface area contributed by atoms with Gasteiger partial charge in [0.1, 0.15) is 0 Å². The number of hydrogen-bond donors (Lipinski definition) is 3. The summed E-state index contributed by atoms with van der Waals surface area (Å²) in [5.41, 5.74) is 10.8. The van der Waals surface area contributed by atoms with E-state index in [4.69, 9.17) is 11.5 Å². The van der Waals surface area contributed by atoms with Crippen LogP contribution in [0, 0.1) is 5.41 Å². The fraction of sp³-hybridized carbons (Fsp3) is 0.727. The van der Waals surface area contributed by atoms with E-state index in [0.29, 0.717) is 18.8 Å². The monoisotopic (exact) mass is 213 g/mol. The van der Waals surface area contributed by atoms with Gasteiger partial charge in [0.25, 0.3) is 0 Å². The Morgan fingerprint density at radius 3 is 2.40 bits per heavy atom. The first kappa shape index (κ1) is 14.0. The maximum Gasteiger partial charge on any atom is 0.154 e. The fourth-order valence-corrected chi connectivity index (χ4v) is 1.26. The molecule has 4 heteroatoms. The van der Waals surface area contributed by atoms with Crippen LogP contribution in [0.5, 0.6) is 0 Å². The van der Waals surface area contributed by atoms with Crippen molar-refractivity contribution in [3.05, 3.63) is 12.4 Å². The maximum absolute atomic E-state index is 11.7. The van der Waals surface area contributed by atoms with Gasteiger partial charge in [0.2, 0.25) is 0 Å². The first-order chi connectivity index (χ1) is 6.75. The van der Waals surface area contributed by atoms with Gasteiger partial charge < -0.3 is 16.8 Å². The SMILES string of the molecule is C=C(N)NCCC[C@@H](N)C(=O)C(C)(C)C. The summed E-state index contributed by atoms with van der Waals surface area (Å²) in [7, 11) is 0. The molecule has 0 aromatic rings. The third-order valence-electron chi connectivity index (χ3n) is 2.12. The molecule has 0 heterocycles. The molecule has 0 amide bonds. The van der Waals surface area contributed by atoms with Gasteiger partial charge in [0.15, 0.2) is 5.78 Å². The van der Waals surface area contributed by atoms with E-state index >= 15 is 0 Å². The molecular weight excluding hydrogens is 190 g/mol. The van der Waals surface area contributed by atoms with Gasteiger partial charge in [-0.2, -0.15) is 0 Å². The van der Waals surface area contributed by atoms with Crippen LogP contribution in [0.1, 0.15) is 33.6 Å². The van der Waals surface area contributed by atoms with E-state index in [1.165, 1.54) is 0 Å². The van der Waals surface area contributed by atoms with Gasteiger partial charge in [-0.3, -0.25) is 4.79 Å². The Balaban J connectivity index is 3.80. The smallest absolute Gasteiger partial charge is 0.154 e. The van der Waals surface area contributed by atoms with Gasteiger partial charge in [0, 0.05) is 12.0 Å². The highest BCUT2D eigenvalue weighted by atomic mass is 16.1. The molecule has 0 unspecified atom stereocenters. The third-order valence-corrected chi connectivity index (χ3v) is 2.12. The van der Waals surface area contributed by atoms with Crippen LogP contribution in [0.25, 0.3) is 0 Å². The van der Waals surface area contributed by atoms with Crippen molar-refractivity contribution in [1.29, 1.82) is 0 Å². The molecule has 88 valence electrons. The Kier molecular flexibility index (Phi) is 5.36. The highest BCUT2D eigenvalue weighted by Crippen LogP contribution is 2.17. The lowest BCUT2D eigenvalue weighted by atomic mass is 9.85. The molecular formula is C11H23N3O. The normalized spacial score (nSPS) is 13.3. The number of nitrogens with one attached hydrogen (secondary N) is 1. The van der Waals surface area contributed by atoms with Crippen molar-refractivity contribution in [3.63, 3.8) is 0 Å². The Bertz CT molecular complexity index is 230. The van der Waals surface area contributed by atoms with Crippen LogP contribution >= 0.6 is 0 Å². The summed E-state index contributed by atoms with van der Waals surface area (Å²) in [4.78, 5) is 11.7. The Labute approximate surface area is 92.1 Å². The van der Waals surface area contributed by atoms with E-state index in [2.05, 4.69) is 11.9 Å². The zero-order chi connectivity index (χ0) is 12.1. The predicted octanol–water partition coefficient (Wildman–Crippen LogP) is 0.729. The van der Waals surface area contributed by atoms with E-state index in [-0.39, 0.29) is 17.2 Å². The minimum Gasteiger partial charge on any atom is -0.386 e. The quantitative estimate of drug-likeness (QED) is 0.568. The largest absolute Gasteiger partial charge is 0.386 e. The molecule has 4 nitrogen and oxygen atoms in total. The third kappa shape index (κ3) is 6.12. The molecule has 15 heavy (non-hydrogen) atoms. The van der Waals surface area contributed by atoms with Crippen molar-refractivity contribution < 1.29 is 4.79 Å². The molecule has 0 aromatic heterocycles. The molecule has 0 aliphatic heterocycles. The van der Waals surface area contributed by atoms with Gasteiger partial charge in [-0.15, -0.1) is 0 Å². The number of carbonyl (C=O) groups is 1. The van der Waals surface area contributed by atoms with Gasteiger partial charge in [0.05, 0.1) is 11.9 Å². The average molecular weight is 213 g/mol. The minimum absolute atomic E-state index is 0.106. The molecule has 1 atom stereocenters.